The van der Waals surface area contributed by atoms with Crippen LogP contribution in [0, 0.1) is 12.8 Å². The second-order valence-corrected chi connectivity index (χ2v) is 15.7. The highest BCUT2D eigenvalue weighted by Crippen LogP contribution is 2.43. The number of aromatic nitrogens is 1. The number of amides is 1. The number of benzene rings is 4. The van der Waals surface area contributed by atoms with Crippen molar-refractivity contribution < 1.29 is 27.8 Å². The number of thioether (sulfide) groups is 1. The maximum absolute atomic E-state index is 13.5. The summed E-state index contributed by atoms with van der Waals surface area (Å²) in [7, 11) is -3.95. The van der Waals surface area contributed by atoms with Crippen LogP contribution in [0.1, 0.15) is 52.7 Å². The largest absolute Gasteiger partial charge is 0.392 e. The molecular weight excluding hydrogens is 695 g/mol. The molecule has 4 aromatic carbocycles. The lowest BCUT2D eigenvalue weighted by atomic mass is 9.91. The maximum Gasteiger partial charge on any atom is 0.241 e. The van der Waals surface area contributed by atoms with Crippen molar-refractivity contribution in [1.29, 1.82) is 0 Å². The molecule has 6 rings (SSSR count). The minimum absolute atomic E-state index is 0.0278. The van der Waals surface area contributed by atoms with Gasteiger partial charge in [0, 0.05) is 30.0 Å². The zero-order valence-corrected chi connectivity index (χ0v) is 30.7. The Bertz CT molecular complexity index is 2000. The SMILES string of the molecule is Cc1ccc(S(=O)(=O)N[C@H](Cc2ccccc2)C(=O)NCc2ccc([C@@H]3O[C@H](CSc4ccccn4)[C@H](C)[C@H](c4ccc(CO)cc4)O3)cc2)cc1. The van der Waals surface area contributed by atoms with Gasteiger partial charge in [-0.15, -0.1) is 11.8 Å². The Labute approximate surface area is 309 Å². The van der Waals surface area contributed by atoms with E-state index in [1.807, 2.05) is 104 Å². The van der Waals surface area contributed by atoms with Gasteiger partial charge in [-0.2, -0.15) is 4.72 Å². The minimum Gasteiger partial charge on any atom is -0.392 e. The Morgan fingerprint density at radius 2 is 1.50 bits per heavy atom. The zero-order valence-electron chi connectivity index (χ0n) is 29.1. The van der Waals surface area contributed by atoms with Gasteiger partial charge in [-0.3, -0.25) is 4.79 Å². The molecule has 9 nitrogen and oxygen atoms in total. The fourth-order valence-electron chi connectivity index (χ4n) is 6.03. The molecule has 5 aromatic rings. The van der Waals surface area contributed by atoms with Gasteiger partial charge in [0.05, 0.1) is 28.7 Å². The molecule has 0 bridgehead atoms. The van der Waals surface area contributed by atoms with Crippen LogP contribution in [-0.4, -0.2) is 42.3 Å². The van der Waals surface area contributed by atoms with Gasteiger partial charge in [-0.05, 0) is 59.9 Å². The van der Waals surface area contributed by atoms with Crippen molar-refractivity contribution in [3.63, 3.8) is 0 Å². The van der Waals surface area contributed by atoms with E-state index in [0.717, 1.165) is 38.4 Å². The molecule has 0 radical (unpaired) electrons. The average molecular weight is 738 g/mol. The number of nitrogens with one attached hydrogen (secondary N) is 2. The van der Waals surface area contributed by atoms with E-state index < -0.39 is 28.3 Å². The first-order chi connectivity index (χ1) is 25.2. The number of aryl methyl sites for hydroxylation is 1. The summed E-state index contributed by atoms with van der Waals surface area (Å²) in [5.74, 6) is 0.291. The minimum atomic E-state index is -3.95. The summed E-state index contributed by atoms with van der Waals surface area (Å²) in [6.45, 7) is 4.18. The van der Waals surface area contributed by atoms with Gasteiger partial charge in [0.25, 0.3) is 0 Å². The normalized spacial score (nSPS) is 19.5. The number of nitrogens with zero attached hydrogens (tertiary/aromatic N) is 1. The Morgan fingerprint density at radius 3 is 2.17 bits per heavy atom. The zero-order chi connectivity index (χ0) is 36.5. The van der Waals surface area contributed by atoms with Crippen LogP contribution in [0.3, 0.4) is 0 Å². The van der Waals surface area contributed by atoms with Crippen molar-refractivity contribution in [2.45, 2.75) is 67.9 Å². The lowest BCUT2D eigenvalue weighted by molar-refractivity contribution is -0.268. The monoisotopic (exact) mass is 737 g/mol. The molecule has 3 N–H and O–H groups in total. The molecule has 1 aliphatic rings. The molecule has 270 valence electrons. The summed E-state index contributed by atoms with van der Waals surface area (Å²) < 4.78 is 42.4. The molecular formula is C41H43N3O6S2. The fraction of sp³-hybridized carbons (Fsp3) is 0.268. The molecule has 1 aromatic heterocycles. The summed E-state index contributed by atoms with van der Waals surface area (Å²) in [5, 5.41) is 13.4. The number of carbonyl (C=O) groups excluding carboxylic acids is 1. The molecule has 0 aliphatic carbocycles. The first kappa shape index (κ1) is 37.4. The van der Waals surface area contributed by atoms with Crippen LogP contribution >= 0.6 is 11.8 Å². The van der Waals surface area contributed by atoms with Crippen molar-refractivity contribution in [1.82, 2.24) is 15.0 Å². The molecule has 11 heteroatoms. The second kappa shape index (κ2) is 17.4. The molecule has 1 fully saturated rings. The predicted molar refractivity (Wildman–Crippen MR) is 202 cm³/mol. The van der Waals surface area contributed by atoms with Crippen LogP contribution in [0.2, 0.25) is 0 Å². The Balaban J connectivity index is 1.15. The van der Waals surface area contributed by atoms with Crippen LogP contribution in [0.15, 0.2) is 137 Å². The highest BCUT2D eigenvalue weighted by molar-refractivity contribution is 7.99. The molecule has 0 unspecified atom stereocenters. The lowest BCUT2D eigenvalue weighted by Crippen LogP contribution is -2.47. The topological polar surface area (TPSA) is 127 Å². The number of pyridine rings is 1. The Morgan fingerprint density at radius 1 is 0.827 bits per heavy atom. The lowest BCUT2D eigenvalue weighted by Gasteiger charge is -2.41. The quantitative estimate of drug-likeness (QED) is 0.108. The Hall–Kier alpha value is -4.36. The number of hydrogen-bond donors (Lipinski definition) is 3. The Kier molecular flexibility index (Phi) is 12.5. The van der Waals surface area contributed by atoms with Gasteiger partial charge >= 0.3 is 0 Å². The second-order valence-electron chi connectivity index (χ2n) is 12.9. The molecule has 0 saturated carbocycles. The van der Waals surface area contributed by atoms with E-state index >= 15 is 0 Å². The summed E-state index contributed by atoms with van der Waals surface area (Å²) in [6.07, 6.45) is 0.947. The van der Waals surface area contributed by atoms with Gasteiger partial charge in [0.2, 0.25) is 15.9 Å². The van der Waals surface area contributed by atoms with Crippen molar-refractivity contribution in [2.24, 2.45) is 5.92 Å². The summed E-state index contributed by atoms with van der Waals surface area (Å²) >= 11 is 1.64. The number of hydrogen-bond acceptors (Lipinski definition) is 8. The molecule has 1 aliphatic heterocycles. The summed E-state index contributed by atoms with van der Waals surface area (Å²) in [6, 6.07) is 36.2. The molecule has 2 heterocycles. The van der Waals surface area contributed by atoms with Crippen LogP contribution < -0.4 is 10.0 Å². The van der Waals surface area contributed by atoms with Crippen molar-refractivity contribution >= 4 is 27.7 Å². The van der Waals surface area contributed by atoms with Crippen LogP contribution in [0.4, 0.5) is 0 Å². The van der Waals surface area contributed by atoms with E-state index in [-0.39, 0.29) is 42.6 Å². The molecule has 5 atom stereocenters. The fourth-order valence-corrected chi connectivity index (χ4v) is 8.25. The number of aliphatic hydroxyl groups excluding tert-OH is 1. The standard InChI is InChI=1S/C41H43N3O6S2/c1-28-11-21-35(22-12-28)52(47,48)44-36(24-30-8-4-3-5-9-30)40(46)43-25-31-13-19-34(20-14-31)41-49-37(27-51-38-10-6-7-23-42-38)29(2)39(50-41)33-17-15-32(26-45)16-18-33/h3-23,29,36-37,39,41,44-45H,24-27H2,1-2H3,(H,43,46)/t29-,36+,37+,39+,41+/m0/s1. The molecule has 1 amide bonds. The number of rotatable bonds is 14. The van der Waals surface area contributed by atoms with E-state index in [0.29, 0.717) is 5.75 Å². The van der Waals surface area contributed by atoms with Gasteiger partial charge in [-0.25, -0.2) is 13.4 Å². The van der Waals surface area contributed by atoms with Gasteiger partial charge in [0.1, 0.15) is 6.04 Å². The smallest absolute Gasteiger partial charge is 0.241 e. The third-order valence-corrected chi connectivity index (χ3v) is 11.6. The first-order valence-corrected chi connectivity index (χ1v) is 19.7. The van der Waals surface area contributed by atoms with Crippen LogP contribution in [0.25, 0.3) is 0 Å². The van der Waals surface area contributed by atoms with E-state index in [2.05, 4.69) is 21.9 Å². The van der Waals surface area contributed by atoms with Gasteiger partial charge in [0.15, 0.2) is 6.29 Å². The third-order valence-electron chi connectivity index (χ3n) is 9.10. The van der Waals surface area contributed by atoms with E-state index in [9.17, 15) is 18.3 Å². The predicted octanol–water partition coefficient (Wildman–Crippen LogP) is 6.67. The van der Waals surface area contributed by atoms with Gasteiger partial charge in [-0.1, -0.05) is 110 Å². The van der Waals surface area contributed by atoms with Crippen molar-refractivity contribution in [3.05, 3.63) is 161 Å². The number of carbonyl (C=O) groups is 1. The van der Waals surface area contributed by atoms with E-state index in [1.54, 1.807) is 30.1 Å². The summed E-state index contributed by atoms with van der Waals surface area (Å²) in [4.78, 5) is 18.1. The first-order valence-electron chi connectivity index (χ1n) is 17.2. The van der Waals surface area contributed by atoms with E-state index in [1.165, 1.54) is 12.1 Å². The van der Waals surface area contributed by atoms with Crippen LogP contribution in [0.5, 0.6) is 0 Å². The number of aliphatic hydroxyl groups is 1. The van der Waals surface area contributed by atoms with Crippen molar-refractivity contribution in [3.8, 4) is 0 Å². The molecule has 1 saturated heterocycles. The maximum atomic E-state index is 13.5. The third kappa shape index (κ3) is 9.74. The van der Waals surface area contributed by atoms with E-state index in [4.69, 9.17) is 9.47 Å². The van der Waals surface area contributed by atoms with Gasteiger partial charge < -0.3 is 19.9 Å². The van der Waals surface area contributed by atoms with Crippen LogP contribution in [-0.2, 0) is 43.9 Å². The molecule has 52 heavy (non-hydrogen) atoms. The van der Waals surface area contributed by atoms with Crippen molar-refractivity contribution in [2.75, 3.05) is 5.75 Å². The summed E-state index contributed by atoms with van der Waals surface area (Å²) in [5.41, 5.74) is 5.28. The highest BCUT2D eigenvalue weighted by atomic mass is 32.2. The molecule has 0 spiro atoms. The highest BCUT2D eigenvalue weighted by Gasteiger charge is 2.38. The number of sulfonamides is 1. The number of ether oxygens (including phenoxy) is 2. The average Bonchev–Trinajstić information content (AvgIpc) is 3.17.